The number of nitrogens with one attached hydrogen (secondary N) is 2. The molecule has 0 aromatic heterocycles. The highest BCUT2D eigenvalue weighted by Crippen LogP contribution is 2.06. The summed E-state index contributed by atoms with van der Waals surface area (Å²) in [6.45, 7) is 5.48. The maximum absolute atomic E-state index is 12.9. The van der Waals surface area contributed by atoms with Crippen molar-refractivity contribution in [1.29, 1.82) is 0 Å². The molecular formula is C12H15F2N3O. The van der Waals surface area contributed by atoms with Crippen LogP contribution in [0, 0.1) is 11.6 Å². The Bertz CT molecular complexity index is 467. The normalized spacial score (nSPS) is 11.6. The molecule has 0 bridgehead atoms. The van der Waals surface area contributed by atoms with E-state index in [2.05, 4.69) is 15.8 Å². The van der Waals surface area contributed by atoms with Gasteiger partial charge in [0.05, 0.1) is 6.21 Å². The summed E-state index contributed by atoms with van der Waals surface area (Å²) in [5, 5.41) is 6.25. The van der Waals surface area contributed by atoms with Crippen molar-refractivity contribution in [2.45, 2.75) is 26.3 Å². The lowest BCUT2D eigenvalue weighted by atomic mass is 10.1. The average molecular weight is 255 g/mol. The van der Waals surface area contributed by atoms with Crippen LogP contribution in [0.2, 0.25) is 0 Å². The Balaban J connectivity index is 2.55. The van der Waals surface area contributed by atoms with E-state index in [0.29, 0.717) is 5.56 Å². The first-order valence-corrected chi connectivity index (χ1v) is 5.34. The Kier molecular flexibility index (Phi) is 4.36. The summed E-state index contributed by atoms with van der Waals surface area (Å²) < 4.78 is 25.5. The smallest absolute Gasteiger partial charge is 0.332 e. The number of rotatable bonds is 2. The third kappa shape index (κ3) is 4.90. The molecule has 1 rings (SSSR count). The summed E-state index contributed by atoms with van der Waals surface area (Å²) in [6, 6.07) is 2.86. The second-order valence-corrected chi connectivity index (χ2v) is 4.75. The lowest BCUT2D eigenvalue weighted by molar-refractivity contribution is 0.232. The maximum atomic E-state index is 12.9. The van der Waals surface area contributed by atoms with E-state index in [1.54, 1.807) is 0 Å². The van der Waals surface area contributed by atoms with E-state index in [1.165, 1.54) is 12.3 Å². The van der Waals surface area contributed by atoms with Gasteiger partial charge in [-0.1, -0.05) is 6.07 Å². The third-order valence-corrected chi connectivity index (χ3v) is 1.81. The number of halogens is 2. The van der Waals surface area contributed by atoms with E-state index in [-0.39, 0.29) is 5.54 Å². The number of benzene rings is 1. The van der Waals surface area contributed by atoms with Crippen LogP contribution in [0.1, 0.15) is 26.3 Å². The number of hydrazone groups is 1. The van der Waals surface area contributed by atoms with Crippen LogP contribution in [0.5, 0.6) is 0 Å². The number of nitrogens with zero attached hydrogens (tertiary/aromatic N) is 1. The van der Waals surface area contributed by atoms with Crippen LogP contribution in [0.4, 0.5) is 13.6 Å². The summed E-state index contributed by atoms with van der Waals surface area (Å²) in [5.41, 5.74) is 2.20. The van der Waals surface area contributed by atoms with Gasteiger partial charge in [0.25, 0.3) is 0 Å². The standard InChI is InChI=1S/C12H15F2N3O/c1-12(2,3)16-11(18)17-15-7-8-4-5-9(13)10(14)6-8/h4-7H,1-3H3,(H2,16,17,18)/b15-7+. The fourth-order valence-corrected chi connectivity index (χ4v) is 1.13. The molecule has 0 saturated heterocycles. The Morgan fingerprint density at radius 3 is 2.50 bits per heavy atom. The van der Waals surface area contributed by atoms with Gasteiger partial charge in [-0.2, -0.15) is 5.10 Å². The van der Waals surface area contributed by atoms with E-state index in [1.807, 2.05) is 20.8 Å². The van der Waals surface area contributed by atoms with Gasteiger partial charge in [-0.05, 0) is 38.5 Å². The van der Waals surface area contributed by atoms with Gasteiger partial charge in [0.2, 0.25) is 0 Å². The van der Waals surface area contributed by atoms with Gasteiger partial charge in [0.1, 0.15) is 0 Å². The average Bonchev–Trinajstić information content (AvgIpc) is 2.20. The second kappa shape index (κ2) is 5.57. The molecule has 2 amide bonds. The zero-order valence-corrected chi connectivity index (χ0v) is 10.4. The van der Waals surface area contributed by atoms with Crippen LogP contribution >= 0.6 is 0 Å². The quantitative estimate of drug-likeness (QED) is 0.618. The summed E-state index contributed by atoms with van der Waals surface area (Å²) in [4.78, 5) is 11.3. The Labute approximate surface area is 104 Å². The highest BCUT2D eigenvalue weighted by atomic mass is 19.2. The predicted octanol–water partition coefficient (Wildman–Crippen LogP) is 2.40. The van der Waals surface area contributed by atoms with E-state index in [9.17, 15) is 13.6 Å². The van der Waals surface area contributed by atoms with Crippen molar-refractivity contribution in [3.8, 4) is 0 Å². The van der Waals surface area contributed by atoms with Gasteiger partial charge in [-0.3, -0.25) is 0 Å². The predicted molar refractivity (Wildman–Crippen MR) is 65.4 cm³/mol. The molecule has 4 nitrogen and oxygen atoms in total. The lowest BCUT2D eigenvalue weighted by Crippen LogP contribution is -2.44. The van der Waals surface area contributed by atoms with E-state index >= 15 is 0 Å². The van der Waals surface area contributed by atoms with Gasteiger partial charge in [0.15, 0.2) is 11.6 Å². The molecule has 0 aliphatic rings. The molecule has 0 radical (unpaired) electrons. The number of amides is 2. The van der Waals surface area contributed by atoms with Gasteiger partial charge in [-0.25, -0.2) is 19.0 Å². The summed E-state index contributed by atoms with van der Waals surface area (Å²) >= 11 is 0. The fraction of sp³-hybridized carbons (Fsp3) is 0.333. The molecule has 6 heteroatoms. The Morgan fingerprint density at radius 1 is 1.28 bits per heavy atom. The van der Waals surface area contributed by atoms with Crippen molar-refractivity contribution in [2.24, 2.45) is 5.10 Å². The summed E-state index contributed by atoms with van der Waals surface area (Å²) in [6.07, 6.45) is 1.23. The molecular weight excluding hydrogens is 240 g/mol. The molecule has 0 unspecified atom stereocenters. The molecule has 18 heavy (non-hydrogen) atoms. The van der Waals surface area contributed by atoms with Gasteiger partial charge in [-0.15, -0.1) is 0 Å². The number of urea groups is 1. The van der Waals surface area contributed by atoms with Crippen molar-refractivity contribution in [3.63, 3.8) is 0 Å². The molecule has 0 atom stereocenters. The molecule has 1 aromatic carbocycles. The molecule has 1 aromatic rings. The Morgan fingerprint density at radius 2 is 1.94 bits per heavy atom. The minimum absolute atomic E-state index is 0.352. The van der Waals surface area contributed by atoms with Crippen molar-refractivity contribution in [1.82, 2.24) is 10.7 Å². The van der Waals surface area contributed by atoms with Gasteiger partial charge in [0, 0.05) is 5.54 Å². The minimum atomic E-state index is -0.960. The van der Waals surface area contributed by atoms with Crippen LogP contribution in [-0.4, -0.2) is 17.8 Å². The molecule has 0 aliphatic heterocycles. The summed E-state index contributed by atoms with van der Waals surface area (Å²) in [7, 11) is 0. The van der Waals surface area contributed by atoms with Gasteiger partial charge < -0.3 is 5.32 Å². The van der Waals surface area contributed by atoms with Crippen LogP contribution in [0.25, 0.3) is 0 Å². The van der Waals surface area contributed by atoms with Gasteiger partial charge >= 0.3 is 6.03 Å². The molecule has 0 aliphatic carbocycles. The van der Waals surface area contributed by atoms with Crippen molar-refractivity contribution < 1.29 is 13.6 Å². The second-order valence-electron chi connectivity index (χ2n) is 4.75. The Hall–Kier alpha value is -1.98. The monoisotopic (exact) mass is 255 g/mol. The highest BCUT2D eigenvalue weighted by molar-refractivity contribution is 5.81. The first-order chi connectivity index (χ1) is 8.28. The van der Waals surface area contributed by atoms with Crippen LogP contribution in [-0.2, 0) is 0 Å². The van der Waals surface area contributed by atoms with Crippen molar-refractivity contribution in [2.75, 3.05) is 0 Å². The molecule has 0 heterocycles. The minimum Gasteiger partial charge on any atom is -0.332 e. The number of hydrogen-bond acceptors (Lipinski definition) is 2. The number of carbonyl (C=O) groups excluding carboxylic acids is 1. The molecule has 0 spiro atoms. The first-order valence-electron chi connectivity index (χ1n) is 5.34. The zero-order valence-electron chi connectivity index (χ0n) is 10.4. The molecule has 0 fully saturated rings. The molecule has 0 saturated carbocycles. The topological polar surface area (TPSA) is 53.5 Å². The third-order valence-electron chi connectivity index (χ3n) is 1.81. The van der Waals surface area contributed by atoms with Crippen molar-refractivity contribution >= 4 is 12.2 Å². The molecule has 98 valence electrons. The lowest BCUT2D eigenvalue weighted by Gasteiger charge is -2.19. The first kappa shape index (κ1) is 14.1. The van der Waals surface area contributed by atoms with E-state index in [4.69, 9.17) is 0 Å². The molecule has 2 N–H and O–H groups in total. The van der Waals surface area contributed by atoms with Crippen LogP contribution in [0.15, 0.2) is 23.3 Å². The van der Waals surface area contributed by atoms with Crippen LogP contribution < -0.4 is 10.7 Å². The number of hydrogen-bond donors (Lipinski definition) is 2. The SMILES string of the molecule is CC(C)(C)NC(=O)N/N=C/c1ccc(F)c(F)c1. The van der Waals surface area contributed by atoms with Crippen LogP contribution in [0.3, 0.4) is 0 Å². The fourth-order valence-electron chi connectivity index (χ4n) is 1.13. The summed E-state index contributed by atoms with van der Waals surface area (Å²) in [5.74, 6) is -1.89. The highest BCUT2D eigenvalue weighted by Gasteiger charge is 2.12. The van der Waals surface area contributed by atoms with Crippen molar-refractivity contribution in [3.05, 3.63) is 35.4 Å². The zero-order chi connectivity index (χ0) is 13.8. The largest absolute Gasteiger partial charge is 0.335 e. The van der Waals surface area contributed by atoms with E-state index in [0.717, 1.165) is 12.1 Å². The van der Waals surface area contributed by atoms with E-state index < -0.39 is 17.7 Å². The maximum Gasteiger partial charge on any atom is 0.335 e. The number of carbonyl (C=O) groups is 1.